The summed E-state index contributed by atoms with van der Waals surface area (Å²) in [5.41, 5.74) is 4.65. The van der Waals surface area contributed by atoms with E-state index in [1.807, 2.05) is 31.0 Å². The first kappa shape index (κ1) is 22.2. The number of pyridine rings is 1. The summed E-state index contributed by atoms with van der Waals surface area (Å²) in [5, 5.41) is 0. The maximum atomic E-state index is 13.2. The number of aromatic nitrogens is 1. The van der Waals surface area contributed by atoms with E-state index in [0.29, 0.717) is 36.8 Å². The monoisotopic (exact) mass is 468 g/mol. The normalized spacial score (nSPS) is 22.6. The van der Waals surface area contributed by atoms with Crippen LogP contribution >= 0.6 is 0 Å². The Morgan fingerprint density at radius 2 is 1.76 bits per heavy atom. The molecule has 1 aromatic heterocycles. The molecule has 0 N–H and O–H groups in total. The number of piperazine rings is 1. The van der Waals surface area contributed by atoms with Crippen LogP contribution in [0.5, 0.6) is 0 Å². The first-order chi connectivity index (χ1) is 15.7. The lowest BCUT2D eigenvalue weighted by atomic mass is 10.1. The molecule has 7 nitrogen and oxygen atoms in total. The number of carbonyl (C=O) groups is 1. The molecular weight excluding hydrogens is 436 g/mol. The minimum atomic E-state index is -3.27. The van der Waals surface area contributed by atoms with Crippen LogP contribution in [0.3, 0.4) is 0 Å². The third kappa shape index (κ3) is 4.33. The number of nitrogens with zero attached hydrogens (tertiary/aromatic N) is 4. The molecule has 1 aromatic carbocycles. The number of benzene rings is 1. The molecule has 1 aliphatic carbocycles. The number of hydrogen-bond donors (Lipinski definition) is 0. The smallest absolute Gasteiger partial charge is 0.254 e. The standard InChI is InChI=1S/C25H32N4O3S/c1-17-15-29(33(31,32)16-17)22-6-7-23(18(2)13-22)25(30)28-10-8-27(9-11-28)24-19(3)12-21(14-26-24)20-4-5-20/h6-7,12-14,17,20H,4-5,8-11,15-16H2,1-3H3/t17-/m0/s1. The third-order valence-corrected chi connectivity index (χ3v) is 9.05. The van der Waals surface area contributed by atoms with E-state index in [2.05, 4.69) is 17.9 Å². The summed E-state index contributed by atoms with van der Waals surface area (Å²) in [6.45, 7) is 9.23. The van der Waals surface area contributed by atoms with Crippen molar-refractivity contribution in [3.8, 4) is 0 Å². The summed E-state index contributed by atoms with van der Waals surface area (Å²) in [7, 11) is -3.27. The van der Waals surface area contributed by atoms with Crippen LogP contribution in [-0.4, -0.2) is 62.7 Å². The second kappa shape index (κ2) is 8.31. The fourth-order valence-corrected chi connectivity index (χ4v) is 6.98. The zero-order valence-corrected chi connectivity index (χ0v) is 20.4. The Kier molecular flexibility index (Phi) is 5.59. The predicted octanol–water partition coefficient (Wildman–Crippen LogP) is 3.32. The maximum absolute atomic E-state index is 13.2. The molecule has 0 bridgehead atoms. The van der Waals surface area contributed by atoms with Gasteiger partial charge in [0.2, 0.25) is 10.0 Å². The lowest BCUT2D eigenvalue weighted by Gasteiger charge is -2.36. The van der Waals surface area contributed by atoms with Gasteiger partial charge in [0.15, 0.2) is 0 Å². The number of anilines is 2. The average Bonchev–Trinajstić information content (AvgIpc) is 3.58. The van der Waals surface area contributed by atoms with Gasteiger partial charge in [-0.05, 0) is 73.4 Å². The van der Waals surface area contributed by atoms with Crippen molar-refractivity contribution in [2.24, 2.45) is 5.92 Å². The molecule has 3 fully saturated rings. The van der Waals surface area contributed by atoms with Gasteiger partial charge in [-0.1, -0.05) is 13.0 Å². The first-order valence-corrected chi connectivity index (χ1v) is 13.5. The van der Waals surface area contributed by atoms with E-state index >= 15 is 0 Å². The molecule has 3 aliphatic rings. The summed E-state index contributed by atoms with van der Waals surface area (Å²) in [5.74, 6) is 2.01. The second-order valence-electron chi connectivity index (χ2n) is 9.88. The van der Waals surface area contributed by atoms with Crippen LogP contribution in [0.4, 0.5) is 11.5 Å². The van der Waals surface area contributed by atoms with Crippen molar-refractivity contribution in [2.45, 2.75) is 39.5 Å². The highest BCUT2D eigenvalue weighted by atomic mass is 32.2. The highest BCUT2D eigenvalue weighted by molar-refractivity contribution is 7.93. The molecular formula is C25H32N4O3S. The molecule has 176 valence electrons. The molecule has 0 spiro atoms. The van der Waals surface area contributed by atoms with Crippen LogP contribution in [0.2, 0.25) is 0 Å². The summed E-state index contributed by atoms with van der Waals surface area (Å²) < 4.78 is 26.3. The van der Waals surface area contributed by atoms with Crippen molar-refractivity contribution in [1.82, 2.24) is 9.88 Å². The number of aryl methyl sites for hydroxylation is 2. The Hall–Kier alpha value is -2.61. The summed E-state index contributed by atoms with van der Waals surface area (Å²) >= 11 is 0. The zero-order chi connectivity index (χ0) is 23.3. The molecule has 8 heteroatoms. The number of rotatable bonds is 4. The molecule has 2 aliphatic heterocycles. The average molecular weight is 469 g/mol. The zero-order valence-electron chi connectivity index (χ0n) is 19.6. The second-order valence-corrected chi connectivity index (χ2v) is 11.8. The lowest BCUT2D eigenvalue weighted by molar-refractivity contribution is 0.0746. The molecule has 2 aromatic rings. The number of hydrogen-bond acceptors (Lipinski definition) is 5. The van der Waals surface area contributed by atoms with E-state index in [9.17, 15) is 13.2 Å². The van der Waals surface area contributed by atoms with E-state index in [1.165, 1.54) is 28.3 Å². The molecule has 5 rings (SSSR count). The topological polar surface area (TPSA) is 73.8 Å². The van der Waals surface area contributed by atoms with Gasteiger partial charge in [0.05, 0.1) is 11.4 Å². The highest BCUT2D eigenvalue weighted by Crippen LogP contribution is 2.40. The number of amides is 1. The molecule has 1 atom stereocenters. The predicted molar refractivity (Wildman–Crippen MR) is 131 cm³/mol. The van der Waals surface area contributed by atoms with Gasteiger partial charge in [-0.2, -0.15) is 0 Å². The van der Waals surface area contributed by atoms with Gasteiger partial charge in [-0.15, -0.1) is 0 Å². The highest BCUT2D eigenvalue weighted by Gasteiger charge is 2.34. The van der Waals surface area contributed by atoms with Crippen LogP contribution < -0.4 is 9.21 Å². The van der Waals surface area contributed by atoms with E-state index in [0.717, 1.165) is 24.5 Å². The molecule has 2 saturated heterocycles. The lowest BCUT2D eigenvalue weighted by Crippen LogP contribution is -2.49. The van der Waals surface area contributed by atoms with E-state index in [-0.39, 0.29) is 17.6 Å². The van der Waals surface area contributed by atoms with Gasteiger partial charge in [-0.3, -0.25) is 9.10 Å². The van der Waals surface area contributed by atoms with Gasteiger partial charge in [0, 0.05) is 44.5 Å². The van der Waals surface area contributed by atoms with Crippen molar-refractivity contribution < 1.29 is 13.2 Å². The van der Waals surface area contributed by atoms with E-state index in [4.69, 9.17) is 4.98 Å². The maximum Gasteiger partial charge on any atom is 0.254 e. The number of carbonyl (C=O) groups excluding carboxylic acids is 1. The molecule has 0 unspecified atom stereocenters. The molecule has 0 radical (unpaired) electrons. The fraction of sp³-hybridized carbons (Fsp3) is 0.520. The van der Waals surface area contributed by atoms with Gasteiger partial charge >= 0.3 is 0 Å². The Balaban J connectivity index is 1.25. The Bertz CT molecular complexity index is 1180. The molecule has 3 heterocycles. The first-order valence-electron chi connectivity index (χ1n) is 11.8. The van der Waals surface area contributed by atoms with Crippen LogP contribution in [0.1, 0.15) is 52.7 Å². The van der Waals surface area contributed by atoms with Crippen molar-refractivity contribution in [3.05, 3.63) is 52.7 Å². The van der Waals surface area contributed by atoms with E-state index < -0.39 is 10.0 Å². The van der Waals surface area contributed by atoms with Gasteiger partial charge < -0.3 is 9.80 Å². The van der Waals surface area contributed by atoms with Crippen LogP contribution in [0.25, 0.3) is 0 Å². The van der Waals surface area contributed by atoms with Gasteiger partial charge in [-0.25, -0.2) is 13.4 Å². The Labute approximate surface area is 196 Å². The van der Waals surface area contributed by atoms with Crippen LogP contribution in [-0.2, 0) is 10.0 Å². The largest absolute Gasteiger partial charge is 0.353 e. The summed E-state index contributed by atoms with van der Waals surface area (Å²) in [6.07, 6.45) is 4.56. The Morgan fingerprint density at radius 3 is 2.33 bits per heavy atom. The van der Waals surface area contributed by atoms with Crippen molar-refractivity contribution in [3.63, 3.8) is 0 Å². The van der Waals surface area contributed by atoms with Gasteiger partial charge in [0.1, 0.15) is 5.82 Å². The van der Waals surface area contributed by atoms with Crippen LogP contribution in [0, 0.1) is 19.8 Å². The Morgan fingerprint density at radius 1 is 1.03 bits per heavy atom. The number of sulfonamides is 1. The van der Waals surface area contributed by atoms with Gasteiger partial charge in [0.25, 0.3) is 5.91 Å². The summed E-state index contributed by atoms with van der Waals surface area (Å²) in [4.78, 5) is 22.1. The van der Waals surface area contributed by atoms with E-state index in [1.54, 1.807) is 12.1 Å². The minimum Gasteiger partial charge on any atom is -0.353 e. The molecule has 33 heavy (non-hydrogen) atoms. The fourth-order valence-electron chi connectivity index (χ4n) is 5.06. The quantitative estimate of drug-likeness (QED) is 0.688. The van der Waals surface area contributed by atoms with Crippen LogP contribution in [0.15, 0.2) is 30.5 Å². The molecule has 1 amide bonds. The third-order valence-electron chi connectivity index (χ3n) is 7.02. The van der Waals surface area contributed by atoms with Crippen molar-refractivity contribution in [1.29, 1.82) is 0 Å². The molecule has 1 saturated carbocycles. The SMILES string of the molecule is Cc1cc(N2C[C@H](C)CS2(=O)=O)ccc1C(=O)N1CCN(c2ncc(C3CC3)cc2C)CC1. The summed E-state index contributed by atoms with van der Waals surface area (Å²) in [6, 6.07) is 7.64. The van der Waals surface area contributed by atoms with Crippen molar-refractivity contribution in [2.75, 3.05) is 47.7 Å². The minimum absolute atomic E-state index is 0.00473. The van der Waals surface area contributed by atoms with Crippen molar-refractivity contribution >= 4 is 27.4 Å².